The van der Waals surface area contributed by atoms with Gasteiger partial charge in [0.05, 0.1) is 11.6 Å². The third-order valence-corrected chi connectivity index (χ3v) is 5.27. The normalized spacial score (nSPS) is 19.4. The third-order valence-electron chi connectivity index (χ3n) is 5.27. The first-order chi connectivity index (χ1) is 13.2. The molecule has 0 aliphatic carbocycles. The van der Waals surface area contributed by atoms with Crippen LogP contribution in [0.2, 0.25) is 0 Å². The van der Waals surface area contributed by atoms with E-state index in [-0.39, 0.29) is 0 Å². The summed E-state index contributed by atoms with van der Waals surface area (Å²) in [5, 5.41) is 9.72. The summed E-state index contributed by atoms with van der Waals surface area (Å²) in [7, 11) is 0. The Morgan fingerprint density at radius 1 is 1.04 bits per heavy atom. The zero-order chi connectivity index (χ0) is 20.5. The fourth-order valence-corrected chi connectivity index (χ4v) is 4.13. The lowest BCUT2D eigenvalue weighted by atomic mass is 9.90. The summed E-state index contributed by atoms with van der Waals surface area (Å²) in [4.78, 5) is 13.8. The van der Waals surface area contributed by atoms with Gasteiger partial charge >= 0.3 is 12.1 Å². The Morgan fingerprint density at radius 2 is 1.64 bits per heavy atom. The molecule has 3 nitrogen and oxygen atoms in total. The molecule has 0 saturated carbocycles. The first-order valence-corrected chi connectivity index (χ1v) is 9.40. The molecule has 0 amide bonds. The Hall–Kier alpha value is -2.34. The quantitative estimate of drug-likeness (QED) is 0.764. The predicted octanol–water partition coefficient (Wildman–Crippen LogP) is 5.35. The van der Waals surface area contributed by atoms with Gasteiger partial charge in [0.15, 0.2) is 0 Å². The minimum atomic E-state index is -4.40. The summed E-state index contributed by atoms with van der Waals surface area (Å²) in [5.41, 5.74) is 2.95. The number of hydrogen-bond donors (Lipinski definition) is 1. The second-order valence-electron chi connectivity index (χ2n) is 7.53. The van der Waals surface area contributed by atoms with Gasteiger partial charge in [-0.1, -0.05) is 47.9 Å². The van der Waals surface area contributed by atoms with Crippen LogP contribution in [0.3, 0.4) is 0 Å². The van der Waals surface area contributed by atoms with Gasteiger partial charge < -0.3 is 5.11 Å². The molecule has 0 aromatic heterocycles. The molecule has 1 heterocycles. The molecule has 3 rings (SSSR count). The number of piperidine rings is 1. The smallest absolute Gasteiger partial charge is 0.416 e. The first-order valence-electron chi connectivity index (χ1n) is 9.40. The van der Waals surface area contributed by atoms with Gasteiger partial charge in [-0.2, -0.15) is 13.2 Å². The molecule has 2 unspecified atom stereocenters. The van der Waals surface area contributed by atoms with Crippen molar-refractivity contribution in [3.8, 4) is 0 Å². The van der Waals surface area contributed by atoms with Crippen molar-refractivity contribution in [2.75, 3.05) is 6.54 Å². The van der Waals surface area contributed by atoms with Crippen LogP contribution in [0, 0.1) is 13.8 Å². The number of benzene rings is 2. The van der Waals surface area contributed by atoms with Crippen molar-refractivity contribution in [2.24, 2.45) is 0 Å². The van der Waals surface area contributed by atoms with Gasteiger partial charge in [-0.15, -0.1) is 0 Å². The van der Waals surface area contributed by atoms with Crippen molar-refractivity contribution in [3.63, 3.8) is 0 Å². The summed E-state index contributed by atoms with van der Waals surface area (Å²) < 4.78 is 39.0. The lowest BCUT2D eigenvalue weighted by Crippen LogP contribution is -2.46. The Bertz CT molecular complexity index is 826. The van der Waals surface area contributed by atoms with E-state index in [2.05, 4.69) is 0 Å². The van der Waals surface area contributed by atoms with E-state index in [1.807, 2.05) is 36.9 Å². The zero-order valence-electron chi connectivity index (χ0n) is 16.0. The van der Waals surface area contributed by atoms with Crippen molar-refractivity contribution in [1.82, 2.24) is 4.90 Å². The standard InChI is InChI=1S/C22H24F3NO2/c1-14-11-15(2)13-17(12-14)20(26-10-4-3-5-19(26)21(27)28)16-6-8-18(9-7-16)22(23,24)25/h6-9,11-13,19-20H,3-5,10H2,1-2H3,(H,27,28). The van der Waals surface area contributed by atoms with Crippen LogP contribution < -0.4 is 0 Å². The van der Waals surface area contributed by atoms with Gasteiger partial charge in [0.2, 0.25) is 0 Å². The number of carbonyl (C=O) groups is 1. The van der Waals surface area contributed by atoms with Gasteiger partial charge in [-0.3, -0.25) is 9.69 Å². The number of alkyl halides is 3. The average molecular weight is 391 g/mol. The number of carboxylic acids is 1. The maximum absolute atomic E-state index is 13.0. The minimum absolute atomic E-state index is 0.401. The molecule has 2 aromatic carbocycles. The number of aryl methyl sites for hydroxylation is 2. The number of nitrogens with zero attached hydrogens (tertiary/aromatic N) is 1. The van der Waals surface area contributed by atoms with E-state index in [4.69, 9.17) is 0 Å². The molecule has 6 heteroatoms. The first kappa shape index (κ1) is 20.4. The van der Waals surface area contributed by atoms with E-state index in [0.717, 1.165) is 41.7 Å². The minimum Gasteiger partial charge on any atom is -0.480 e. The van der Waals surface area contributed by atoms with Crippen LogP contribution in [0.4, 0.5) is 13.2 Å². The molecular weight excluding hydrogens is 367 g/mol. The maximum atomic E-state index is 13.0. The van der Waals surface area contributed by atoms with Gasteiger partial charge in [-0.25, -0.2) is 0 Å². The molecule has 150 valence electrons. The number of aliphatic carboxylic acids is 1. The van der Waals surface area contributed by atoms with Crippen LogP contribution in [-0.2, 0) is 11.0 Å². The van der Waals surface area contributed by atoms with Crippen molar-refractivity contribution in [1.29, 1.82) is 0 Å². The summed E-state index contributed by atoms with van der Waals surface area (Å²) in [6.45, 7) is 4.52. The Labute approximate surface area is 162 Å². The molecule has 1 fully saturated rings. The van der Waals surface area contributed by atoms with E-state index < -0.39 is 29.8 Å². The summed E-state index contributed by atoms with van der Waals surface area (Å²) in [5.74, 6) is -0.888. The van der Waals surface area contributed by atoms with E-state index in [9.17, 15) is 23.1 Å². The zero-order valence-corrected chi connectivity index (χ0v) is 16.0. The lowest BCUT2D eigenvalue weighted by molar-refractivity contribution is -0.145. The third kappa shape index (κ3) is 4.38. The fourth-order valence-electron chi connectivity index (χ4n) is 4.13. The Balaban J connectivity index is 2.10. The Kier molecular flexibility index (Phi) is 5.79. The monoisotopic (exact) mass is 391 g/mol. The largest absolute Gasteiger partial charge is 0.480 e. The van der Waals surface area contributed by atoms with Crippen molar-refractivity contribution < 1.29 is 23.1 Å². The molecule has 1 N–H and O–H groups in total. The van der Waals surface area contributed by atoms with Gasteiger partial charge in [0, 0.05) is 0 Å². The van der Waals surface area contributed by atoms with Crippen LogP contribution in [-0.4, -0.2) is 28.6 Å². The molecule has 1 aliphatic heterocycles. The second-order valence-corrected chi connectivity index (χ2v) is 7.53. The second kappa shape index (κ2) is 7.95. The summed E-state index contributed by atoms with van der Waals surface area (Å²) in [6, 6.07) is 10.0. The molecule has 2 aromatic rings. The molecule has 2 atom stereocenters. The van der Waals surface area contributed by atoms with Gasteiger partial charge in [0.1, 0.15) is 6.04 Å². The molecule has 0 bridgehead atoms. The lowest BCUT2D eigenvalue weighted by Gasteiger charge is -2.40. The topological polar surface area (TPSA) is 40.5 Å². The highest BCUT2D eigenvalue weighted by molar-refractivity contribution is 5.73. The van der Waals surface area contributed by atoms with E-state index in [1.165, 1.54) is 12.1 Å². The summed E-state index contributed by atoms with van der Waals surface area (Å²) >= 11 is 0. The van der Waals surface area contributed by atoms with Crippen LogP contribution in [0.15, 0.2) is 42.5 Å². The average Bonchev–Trinajstić information content (AvgIpc) is 2.61. The Morgan fingerprint density at radius 3 is 2.18 bits per heavy atom. The number of rotatable bonds is 4. The molecule has 1 saturated heterocycles. The van der Waals surface area contributed by atoms with Crippen LogP contribution in [0.5, 0.6) is 0 Å². The van der Waals surface area contributed by atoms with E-state index >= 15 is 0 Å². The number of carboxylic acid groups (broad SMARTS) is 1. The highest BCUT2D eigenvalue weighted by atomic mass is 19.4. The van der Waals surface area contributed by atoms with Crippen molar-refractivity contribution in [3.05, 3.63) is 70.3 Å². The highest BCUT2D eigenvalue weighted by Crippen LogP contribution is 2.37. The van der Waals surface area contributed by atoms with Crippen LogP contribution in [0.25, 0.3) is 0 Å². The van der Waals surface area contributed by atoms with Crippen molar-refractivity contribution >= 4 is 5.97 Å². The summed E-state index contributed by atoms with van der Waals surface area (Å²) in [6.07, 6.45) is -2.16. The number of hydrogen-bond acceptors (Lipinski definition) is 2. The highest BCUT2D eigenvalue weighted by Gasteiger charge is 2.36. The number of halogens is 3. The maximum Gasteiger partial charge on any atom is 0.416 e. The molecule has 1 aliphatic rings. The SMILES string of the molecule is Cc1cc(C)cc(C(c2ccc(C(F)(F)F)cc2)N2CCCCC2C(=O)O)c1. The van der Waals surface area contributed by atoms with E-state index in [1.54, 1.807) is 0 Å². The van der Waals surface area contributed by atoms with Crippen LogP contribution in [0.1, 0.15) is 53.1 Å². The van der Waals surface area contributed by atoms with Crippen molar-refractivity contribution in [2.45, 2.75) is 51.4 Å². The fraction of sp³-hybridized carbons (Fsp3) is 0.409. The van der Waals surface area contributed by atoms with Gasteiger partial charge in [0.25, 0.3) is 0 Å². The molecule has 0 spiro atoms. The molecular formula is C22H24F3NO2. The molecule has 28 heavy (non-hydrogen) atoms. The molecule has 0 radical (unpaired) electrons. The van der Waals surface area contributed by atoms with Crippen LogP contribution >= 0.6 is 0 Å². The number of likely N-dealkylation sites (tertiary alicyclic amines) is 1. The van der Waals surface area contributed by atoms with Gasteiger partial charge in [-0.05, 0) is 56.5 Å². The predicted molar refractivity (Wildman–Crippen MR) is 101 cm³/mol. The van der Waals surface area contributed by atoms with E-state index in [0.29, 0.717) is 18.5 Å².